The summed E-state index contributed by atoms with van der Waals surface area (Å²) >= 11 is 0. The van der Waals surface area contributed by atoms with E-state index in [1.807, 2.05) is 0 Å². The molecule has 0 N–H and O–H groups in total. The van der Waals surface area contributed by atoms with Crippen LogP contribution in [-0.2, 0) is 0 Å². The van der Waals surface area contributed by atoms with Crippen LogP contribution < -0.4 is 0 Å². The number of hydrogen-bond donors (Lipinski definition) is 0. The SMILES string of the molecule is C/C=C(\C=C(/C)C(C)C)c1ccccc1. The van der Waals surface area contributed by atoms with E-state index in [1.54, 1.807) is 0 Å². The second kappa shape index (κ2) is 5.55. The summed E-state index contributed by atoms with van der Waals surface area (Å²) in [6, 6.07) is 10.5. The normalized spacial score (nSPS) is 13.4. The van der Waals surface area contributed by atoms with Crippen molar-refractivity contribution in [1.82, 2.24) is 0 Å². The first kappa shape index (κ1) is 11.8. The molecule has 0 aliphatic rings. The van der Waals surface area contributed by atoms with Crippen molar-refractivity contribution in [1.29, 1.82) is 0 Å². The predicted molar refractivity (Wildman–Crippen MR) is 68.7 cm³/mol. The smallest absolute Gasteiger partial charge is 0.0187 e. The molecule has 0 aliphatic carbocycles. The van der Waals surface area contributed by atoms with Gasteiger partial charge in [0.05, 0.1) is 0 Å². The zero-order chi connectivity index (χ0) is 11.3. The van der Waals surface area contributed by atoms with Crippen molar-refractivity contribution in [2.75, 3.05) is 0 Å². The van der Waals surface area contributed by atoms with Gasteiger partial charge in [-0.25, -0.2) is 0 Å². The van der Waals surface area contributed by atoms with Gasteiger partial charge in [-0.15, -0.1) is 0 Å². The lowest BCUT2D eigenvalue weighted by Gasteiger charge is -2.07. The first-order valence-corrected chi connectivity index (χ1v) is 5.55. The lowest BCUT2D eigenvalue weighted by atomic mass is 9.98. The minimum absolute atomic E-state index is 0.615. The van der Waals surface area contributed by atoms with Crippen LogP contribution in [0.4, 0.5) is 0 Å². The highest BCUT2D eigenvalue weighted by molar-refractivity contribution is 5.74. The molecular formula is C15H20. The standard InChI is InChI=1S/C15H20/c1-5-14(11-13(4)12(2)3)15-9-7-6-8-10-15/h5-12H,1-4H3/b13-11+,14-5+. The van der Waals surface area contributed by atoms with Gasteiger partial charge >= 0.3 is 0 Å². The molecule has 0 saturated carbocycles. The van der Waals surface area contributed by atoms with Crippen LogP contribution in [0.25, 0.3) is 5.57 Å². The highest BCUT2D eigenvalue weighted by Crippen LogP contribution is 2.19. The third-order valence-electron chi connectivity index (χ3n) is 2.71. The van der Waals surface area contributed by atoms with Crippen molar-refractivity contribution in [3.63, 3.8) is 0 Å². The van der Waals surface area contributed by atoms with E-state index in [2.05, 4.69) is 70.2 Å². The van der Waals surface area contributed by atoms with E-state index < -0.39 is 0 Å². The fourth-order valence-electron chi connectivity index (χ4n) is 1.38. The van der Waals surface area contributed by atoms with Crippen LogP contribution >= 0.6 is 0 Å². The topological polar surface area (TPSA) is 0 Å². The Morgan fingerprint density at radius 3 is 2.20 bits per heavy atom. The van der Waals surface area contributed by atoms with Crippen LogP contribution in [0.2, 0.25) is 0 Å². The van der Waals surface area contributed by atoms with Gasteiger partial charge in [0.15, 0.2) is 0 Å². The fraction of sp³-hybridized carbons (Fsp3) is 0.333. The summed E-state index contributed by atoms with van der Waals surface area (Å²) in [5.74, 6) is 0.615. The van der Waals surface area contributed by atoms with Gasteiger partial charge in [-0.2, -0.15) is 0 Å². The molecule has 0 amide bonds. The van der Waals surface area contributed by atoms with E-state index >= 15 is 0 Å². The van der Waals surface area contributed by atoms with Crippen LogP contribution in [0.3, 0.4) is 0 Å². The summed E-state index contributed by atoms with van der Waals surface area (Å²) in [4.78, 5) is 0. The largest absolute Gasteiger partial charge is 0.0798 e. The number of rotatable bonds is 3. The minimum Gasteiger partial charge on any atom is -0.0798 e. The molecule has 1 aromatic carbocycles. The maximum Gasteiger partial charge on any atom is -0.0187 e. The molecule has 0 aliphatic heterocycles. The molecule has 0 aromatic heterocycles. The quantitative estimate of drug-likeness (QED) is 0.621. The van der Waals surface area contributed by atoms with E-state index in [0.29, 0.717) is 5.92 Å². The Morgan fingerprint density at radius 2 is 1.73 bits per heavy atom. The minimum atomic E-state index is 0.615. The van der Waals surface area contributed by atoms with Crippen molar-refractivity contribution in [2.24, 2.45) is 5.92 Å². The molecule has 0 heterocycles. The summed E-state index contributed by atoms with van der Waals surface area (Å²) in [6.07, 6.45) is 4.45. The predicted octanol–water partition coefficient (Wildman–Crippen LogP) is 4.69. The molecule has 15 heavy (non-hydrogen) atoms. The van der Waals surface area contributed by atoms with Crippen LogP contribution in [0, 0.1) is 5.92 Å². The molecule has 0 unspecified atom stereocenters. The molecule has 0 fully saturated rings. The Balaban J connectivity index is 2.98. The van der Waals surface area contributed by atoms with Gasteiger partial charge in [0.2, 0.25) is 0 Å². The third kappa shape index (κ3) is 3.39. The van der Waals surface area contributed by atoms with Crippen molar-refractivity contribution in [2.45, 2.75) is 27.7 Å². The lowest BCUT2D eigenvalue weighted by Crippen LogP contribution is -1.90. The Kier molecular flexibility index (Phi) is 4.36. The number of benzene rings is 1. The summed E-state index contributed by atoms with van der Waals surface area (Å²) in [5, 5.41) is 0. The molecule has 0 atom stereocenters. The summed E-state index contributed by atoms with van der Waals surface area (Å²) in [5.41, 5.74) is 4.02. The zero-order valence-corrected chi connectivity index (χ0v) is 10.1. The van der Waals surface area contributed by atoms with Crippen molar-refractivity contribution < 1.29 is 0 Å². The molecule has 1 rings (SSSR count). The maximum absolute atomic E-state index is 2.28. The van der Waals surface area contributed by atoms with Crippen LogP contribution in [0.15, 0.2) is 48.1 Å². The molecule has 0 radical (unpaired) electrons. The summed E-state index contributed by atoms with van der Waals surface area (Å²) in [7, 11) is 0. The van der Waals surface area contributed by atoms with Gasteiger partial charge in [0, 0.05) is 0 Å². The second-order valence-electron chi connectivity index (χ2n) is 4.15. The summed E-state index contributed by atoms with van der Waals surface area (Å²) < 4.78 is 0. The zero-order valence-electron chi connectivity index (χ0n) is 10.1. The highest BCUT2D eigenvalue weighted by Gasteiger charge is 2.00. The molecule has 0 heteroatoms. The van der Waals surface area contributed by atoms with Crippen molar-refractivity contribution in [3.8, 4) is 0 Å². The molecule has 80 valence electrons. The first-order valence-electron chi connectivity index (χ1n) is 5.55. The van der Waals surface area contributed by atoms with Crippen molar-refractivity contribution >= 4 is 5.57 Å². The monoisotopic (exact) mass is 200 g/mol. The Hall–Kier alpha value is -1.30. The van der Waals surface area contributed by atoms with E-state index in [1.165, 1.54) is 16.7 Å². The van der Waals surface area contributed by atoms with E-state index in [9.17, 15) is 0 Å². The second-order valence-corrected chi connectivity index (χ2v) is 4.15. The van der Waals surface area contributed by atoms with E-state index in [4.69, 9.17) is 0 Å². The molecule has 0 saturated heterocycles. The van der Waals surface area contributed by atoms with Gasteiger partial charge < -0.3 is 0 Å². The van der Waals surface area contributed by atoms with E-state index in [0.717, 1.165) is 0 Å². The molecule has 0 bridgehead atoms. The Bertz CT molecular complexity index is 353. The maximum atomic E-state index is 2.28. The molecular weight excluding hydrogens is 180 g/mol. The van der Waals surface area contributed by atoms with Gasteiger partial charge in [0.1, 0.15) is 0 Å². The molecule has 1 aromatic rings. The lowest BCUT2D eigenvalue weighted by molar-refractivity contribution is 0.770. The average Bonchev–Trinajstić information content (AvgIpc) is 2.26. The average molecular weight is 200 g/mol. The van der Waals surface area contributed by atoms with Gasteiger partial charge in [0.25, 0.3) is 0 Å². The van der Waals surface area contributed by atoms with Gasteiger partial charge in [-0.3, -0.25) is 0 Å². The third-order valence-corrected chi connectivity index (χ3v) is 2.71. The molecule has 0 spiro atoms. The van der Waals surface area contributed by atoms with Crippen LogP contribution in [0.5, 0.6) is 0 Å². The first-order chi connectivity index (χ1) is 7.15. The number of hydrogen-bond acceptors (Lipinski definition) is 0. The highest BCUT2D eigenvalue weighted by atomic mass is 14.1. The number of allylic oxidation sites excluding steroid dienone is 4. The van der Waals surface area contributed by atoms with Gasteiger partial charge in [-0.05, 0) is 30.9 Å². The van der Waals surface area contributed by atoms with E-state index in [-0.39, 0.29) is 0 Å². The van der Waals surface area contributed by atoms with Crippen LogP contribution in [-0.4, -0.2) is 0 Å². The summed E-state index contributed by atoms with van der Waals surface area (Å²) in [6.45, 7) is 8.73. The van der Waals surface area contributed by atoms with Crippen LogP contribution in [0.1, 0.15) is 33.3 Å². The molecule has 0 nitrogen and oxygen atoms in total. The van der Waals surface area contributed by atoms with Crippen molar-refractivity contribution in [3.05, 3.63) is 53.6 Å². The Labute approximate surface area is 93.3 Å². The van der Waals surface area contributed by atoms with Gasteiger partial charge in [-0.1, -0.05) is 61.9 Å². The fourth-order valence-corrected chi connectivity index (χ4v) is 1.38. The Morgan fingerprint density at radius 1 is 1.13 bits per heavy atom.